The van der Waals surface area contributed by atoms with Crippen LogP contribution in [0.1, 0.15) is 21.5 Å². The van der Waals surface area contributed by atoms with Gasteiger partial charge in [0.05, 0.1) is 11.1 Å². The molecule has 0 aliphatic carbocycles. The first kappa shape index (κ1) is 15.8. The van der Waals surface area contributed by atoms with E-state index in [9.17, 15) is 23.1 Å². The maximum Gasteiger partial charge on any atom is 0.416 e. The van der Waals surface area contributed by atoms with Crippen LogP contribution in [0.2, 0.25) is 0 Å². The van der Waals surface area contributed by atoms with Gasteiger partial charge >= 0.3 is 6.18 Å². The zero-order valence-corrected chi connectivity index (χ0v) is 11.3. The van der Waals surface area contributed by atoms with Gasteiger partial charge in [-0.25, -0.2) is 0 Å². The number of rotatable bonds is 3. The summed E-state index contributed by atoms with van der Waals surface area (Å²) < 4.78 is 37.5. The largest absolute Gasteiger partial charge is 0.507 e. The van der Waals surface area contributed by atoms with Gasteiger partial charge in [0.25, 0.3) is 5.91 Å². The third-order valence-electron chi connectivity index (χ3n) is 3.02. The van der Waals surface area contributed by atoms with Crippen LogP contribution in [0.25, 0.3) is 0 Å². The standard InChI is InChI=1S/C15H13F3N2O2/c16-15(17,18)10-3-6-12(13(21)7-10)14(22)20-11-4-1-9(8-19)2-5-11/h1-7,21H,8,19H2,(H,20,22). The van der Waals surface area contributed by atoms with Crippen molar-refractivity contribution in [3.8, 4) is 5.75 Å². The van der Waals surface area contributed by atoms with Gasteiger partial charge in [0, 0.05) is 12.2 Å². The summed E-state index contributed by atoms with van der Waals surface area (Å²) in [7, 11) is 0. The number of aromatic hydroxyl groups is 1. The molecule has 2 aromatic rings. The molecule has 0 atom stereocenters. The fraction of sp³-hybridized carbons (Fsp3) is 0.133. The third kappa shape index (κ3) is 3.56. The Kier molecular flexibility index (Phi) is 4.37. The number of anilines is 1. The van der Waals surface area contributed by atoms with Crippen LogP contribution in [-0.2, 0) is 12.7 Å². The number of carbonyl (C=O) groups excluding carboxylic acids is 1. The van der Waals surface area contributed by atoms with Crippen LogP contribution in [0.5, 0.6) is 5.75 Å². The molecule has 116 valence electrons. The number of nitrogens with one attached hydrogen (secondary N) is 1. The van der Waals surface area contributed by atoms with Crippen molar-refractivity contribution in [1.29, 1.82) is 0 Å². The second-order valence-electron chi connectivity index (χ2n) is 4.58. The van der Waals surface area contributed by atoms with Crippen LogP contribution in [0.3, 0.4) is 0 Å². The summed E-state index contributed by atoms with van der Waals surface area (Å²) in [6, 6.07) is 8.84. The molecule has 0 aliphatic heterocycles. The summed E-state index contributed by atoms with van der Waals surface area (Å²) in [4.78, 5) is 12.0. The van der Waals surface area contributed by atoms with E-state index >= 15 is 0 Å². The van der Waals surface area contributed by atoms with E-state index in [1.165, 1.54) is 0 Å². The molecule has 0 radical (unpaired) electrons. The van der Waals surface area contributed by atoms with Gasteiger partial charge < -0.3 is 16.2 Å². The molecule has 0 spiro atoms. The van der Waals surface area contributed by atoms with Crippen molar-refractivity contribution in [3.63, 3.8) is 0 Å². The second kappa shape index (κ2) is 6.07. The van der Waals surface area contributed by atoms with E-state index < -0.39 is 23.4 Å². The Bertz CT molecular complexity index is 682. The molecular formula is C15H13F3N2O2. The molecule has 0 heterocycles. The van der Waals surface area contributed by atoms with Crippen LogP contribution in [0.15, 0.2) is 42.5 Å². The fourth-order valence-electron chi connectivity index (χ4n) is 1.82. The van der Waals surface area contributed by atoms with E-state index in [0.29, 0.717) is 18.3 Å². The lowest BCUT2D eigenvalue weighted by Gasteiger charge is -2.10. The van der Waals surface area contributed by atoms with Crippen molar-refractivity contribution in [1.82, 2.24) is 0 Å². The Labute approximate surface area is 124 Å². The summed E-state index contributed by atoms with van der Waals surface area (Å²) in [6.45, 7) is 0.355. The minimum absolute atomic E-state index is 0.240. The fourth-order valence-corrected chi connectivity index (χ4v) is 1.82. The average molecular weight is 310 g/mol. The Morgan fingerprint density at radius 1 is 1.14 bits per heavy atom. The highest BCUT2D eigenvalue weighted by molar-refractivity contribution is 6.06. The van der Waals surface area contributed by atoms with E-state index in [-0.39, 0.29) is 5.56 Å². The highest BCUT2D eigenvalue weighted by Gasteiger charge is 2.31. The molecule has 1 amide bonds. The number of halogens is 3. The van der Waals surface area contributed by atoms with E-state index in [1.54, 1.807) is 24.3 Å². The number of nitrogens with two attached hydrogens (primary N) is 1. The van der Waals surface area contributed by atoms with Crippen LogP contribution in [0, 0.1) is 0 Å². The number of benzene rings is 2. The Morgan fingerprint density at radius 3 is 2.27 bits per heavy atom. The summed E-state index contributed by atoms with van der Waals surface area (Å²) >= 11 is 0. The van der Waals surface area contributed by atoms with Gasteiger partial charge in [-0.3, -0.25) is 4.79 Å². The zero-order chi connectivity index (χ0) is 16.3. The van der Waals surface area contributed by atoms with Gasteiger partial charge in [-0.15, -0.1) is 0 Å². The lowest BCUT2D eigenvalue weighted by Crippen LogP contribution is -2.13. The Hall–Kier alpha value is -2.54. The number of alkyl halides is 3. The molecule has 0 aromatic heterocycles. The minimum Gasteiger partial charge on any atom is -0.507 e. The van der Waals surface area contributed by atoms with Gasteiger partial charge in [0.2, 0.25) is 0 Å². The normalized spacial score (nSPS) is 11.3. The SMILES string of the molecule is NCc1ccc(NC(=O)c2ccc(C(F)(F)F)cc2O)cc1. The van der Waals surface area contributed by atoms with Gasteiger partial charge in [-0.05, 0) is 35.9 Å². The van der Waals surface area contributed by atoms with Crippen molar-refractivity contribution in [2.24, 2.45) is 5.73 Å². The Morgan fingerprint density at radius 2 is 1.77 bits per heavy atom. The first-order valence-corrected chi connectivity index (χ1v) is 6.32. The lowest BCUT2D eigenvalue weighted by atomic mass is 10.1. The number of hydrogen-bond donors (Lipinski definition) is 3. The zero-order valence-electron chi connectivity index (χ0n) is 11.3. The summed E-state index contributed by atoms with van der Waals surface area (Å²) in [5.74, 6) is -1.43. The van der Waals surface area contributed by atoms with E-state index in [1.807, 2.05) is 0 Å². The van der Waals surface area contributed by atoms with Gasteiger partial charge in [-0.2, -0.15) is 13.2 Å². The Balaban J connectivity index is 2.18. The number of carbonyl (C=O) groups is 1. The molecule has 4 N–H and O–H groups in total. The van der Waals surface area contributed by atoms with E-state index in [0.717, 1.165) is 17.7 Å². The maximum absolute atomic E-state index is 12.5. The number of phenols is 1. The topological polar surface area (TPSA) is 75.3 Å². The third-order valence-corrected chi connectivity index (χ3v) is 3.02. The monoisotopic (exact) mass is 310 g/mol. The number of amides is 1. The summed E-state index contributed by atoms with van der Waals surface area (Å²) in [5, 5.41) is 12.1. The molecule has 0 fully saturated rings. The van der Waals surface area contributed by atoms with E-state index in [2.05, 4.69) is 5.32 Å². The molecule has 22 heavy (non-hydrogen) atoms. The first-order chi connectivity index (χ1) is 10.3. The summed E-state index contributed by atoms with van der Waals surface area (Å²) in [5.41, 5.74) is 5.51. The van der Waals surface area contributed by atoms with Gasteiger partial charge in [0.15, 0.2) is 0 Å². The van der Waals surface area contributed by atoms with Gasteiger partial charge in [-0.1, -0.05) is 12.1 Å². The molecular weight excluding hydrogens is 297 g/mol. The average Bonchev–Trinajstić information content (AvgIpc) is 2.46. The second-order valence-corrected chi connectivity index (χ2v) is 4.58. The van der Waals surface area contributed by atoms with Crippen molar-refractivity contribution in [2.45, 2.75) is 12.7 Å². The van der Waals surface area contributed by atoms with Crippen molar-refractivity contribution >= 4 is 11.6 Å². The molecule has 4 nitrogen and oxygen atoms in total. The molecule has 0 saturated heterocycles. The molecule has 0 saturated carbocycles. The molecule has 2 aromatic carbocycles. The van der Waals surface area contributed by atoms with Crippen LogP contribution >= 0.6 is 0 Å². The van der Waals surface area contributed by atoms with Gasteiger partial charge in [0.1, 0.15) is 5.75 Å². The maximum atomic E-state index is 12.5. The molecule has 2 rings (SSSR count). The summed E-state index contributed by atoms with van der Waals surface area (Å²) in [6.07, 6.45) is -4.58. The molecule has 0 aliphatic rings. The predicted octanol–water partition coefficient (Wildman–Crippen LogP) is 3.12. The van der Waals surface area contributed by atoms with Crippen LogP contribution < -0.4 is 11.1 Å². The number of phenolic OH excluding ortho intramolecular Hbond substituents is 1. The van der Waals surface area contributed by atoms with Crippen LogP contribution in [-0.4, -0.2) is 11.0 Å². The molecule has 7 heteroatoms. The smallest absolute Gasteiger partial charge is 0.416 e. The highest BCUT2D eigenvalue weighted by atomic mass is 19.4. The quantitative estimate of drug-likeness (QED) is 0.815. The van der Waals surface area contributed by atoms with E-state index in [4.69, 9.17) is 5.73 Å². The predicted molar refractivity (Wildman–Crippen MR) is 75.4 cm³/mol. The highest BCUT2D eigenvalue weighted by Crippen LogP contribution is 2.32. The van der Waals surface area contributed by atoms with Crippen molar-refractivity contribution < 1.29 is 23.1 Å². The van der Waals surface area contributed by atoms with Crippen molar-refractivity contribution in [2.75, 3.05) is 5.32 Å². The first-order valence-electron chi connectivity index (χ1n) is 6.32. The molecule has 0 unspecified atom stereocenters. The van der Waals surface area contributed by atoms with Crippen molar-refractivity contribution in [3.05, 3.63) is 59.2 Å². The molecule has 0 bridgehead atoms. The lowest BCUT2D eigenvalue weighted by molar-refractivity contribution is -0.137. The minimum atomic E-state index is -4.58. The number of hydrogen-bond acceptors (Lipinski definition) is 3. The van der Waals surface area contributed by atoms with Crippen LogP contribution in [0.4, 0.5) is 18.9 Å².